The Hall–Kier alpha value is -1.23. The molecular formula is C13H18FNO2S. The van der Waals surface area contributed by atoms with Crippen LogP contribution in [0.15, 0.2) is 24.3 Å². The van der Waals surface area contributed by atoms with E-state index in [1.165, 1.54) is 12.1 Å². The van der Waals surface area contributed by atoms with E-state index in [0.29, 0.717) is 13.0 Å². The minimum absolute atomic E-state index is 0.268. The van der Waals surface area contributed by atoms with Gasteiger partial charge in [0.2, 0.25) is 0 Å². The molecule has 1 N–H and O–H groups in total. The maximum atomic E-state index is 12.8. The van der Waals surface area contributed by atoms with Gasteiger partial charge < -0.3 is 10.1 Å². The third-order valence-electron chi connectivity index (χ3n) is 2.37. The number of thioether (sulfide) groups is 1. The molecule has 1 atom stereocenters. The zero-order chi connectivity index (χ0) is 13.4. The maximum absolute atomic E-state index is 12.8. The molecule has 0 heterocycles. The number of hydrogen-bond acceptors (Lipinski definition) is 4. The minimum atomic E-state index is -0.386. The van der Waals surface area contributed by atoms with E-state index < -0.39 is 0 Å². The summed E-state index contributed by atoms with van der Waals surface area (Å²) in [6, 6.07) is 5.56. The number of carbonyl (C=O) groups excluding carboxylic acids is 1. The summed E-state index contributed by atoms with van der Waals surface area (Å²) >= 11 is 1.67. The molecule has 0 fully saturated rings. The lowest BCUT2D eigenvalue weighted by Gasteiger charge is -2.17. The van der Waals surface area contributed by atoms with Crippen molar-refractivity contribution >= 4 is 23.4 Å². The topological polar surface area (TPSA) is 38.3 Å². The highest BCUT2D eigenvalue weighted by molar-refractivity contribution is 7.98. The monoisotopic (exact) mass is 271 g/mol. The van der Waals surface area contributed by atoms with Crippen LogP contribution in [0.1, 0.15) is 13.3 Å². The van der Waals surface area contributed by atoms with Gasteiger partial charge >= 0.3 is 5.97 Å². The van der Waals surface area contributed by atoms with Gasteiger partial charge in [0.15, 0.2) is 0 Å². The summed E-state index contributed by atoms with van der Waals surface area (Å²) in [6.07, 6.45) is 2.66. The Kier molecular flexibility index (Phi) is 6.57. The summed E-state index contributed by atoms with van der Waals surface area (Å²) in [6.45, 7) is 2.14. The molecule has 1 rings (SSSR count). The van der Waals surface area contributed by atoms with Crippen LogP contribution in [0.3, 0.4) is 0 Å². The van der Waals surface area contributed by atoms with E-state index in [1.807, 2.05) is 6.26 Å². The van der Waals surface area contributed by atoms with Gasteiger partial charge in [-0.05, 0) is 49.6 Å². The van der Waals surface area contributed by atoms with E-state index in [2.05, 4.69) is 5.32 Å². The Morgan fingerprint density at radius 1 is 1.44 bits per heavy atom. The van der Waals surface area contributed by atoms with E-state index in [-0.39, 0.29) is 17.8 Å². The first kappa shape index (κ1) is 14.8. The van der Waals surface area contributed by atoms with Gasteiger partial charge in [0.05, 0.1) is 6.61 Å². The number of ether oxygens (including phenoxy) is 1. The highest BCUT2D eigenvalue weighted by Gasteiger charge is 2.18. The Bertz CT molecular complexity index is 370. The molecular weight excluding hydrogens is 253 g/mol. The summed E-state index contributed by atoms with van der Waals surface area (Å²) in [5.41, 5.74) is 0.718. The molecule has 0 aromatic heterocycles. The SMILES string of the molecule is CCOC(=O)C(CCSC)Nc1ccc(F)cc1. The molecule has 100 valence electrons. The minimum Gasteiger partial charge on any atom is -0.464 e. The second kappa shape index (κ2) is 7.97. The van der Waals surface area contributed by atoms with Crippen LogP contribution in [0.2, 0.25) is 0 Å². The van der Waals surface area contributed by atoms with Crippen molar-refractivity contribution in [2.75, 3.05) is 23.9 Å². The first-order valence-corrected chi connectivity index (χ1v) is 7.24. The fourth-order valence-electron chi connectivity index (χ4n) is 1.47. The zero-order valence-electron chi connectivity index (χ0n) is 10.6. The third-order valence-corrected chi connectivity index (χ3v) is 3.01. The number of esters is 1. The number of rotatable bonds is 7. The number of carbonyl (C=O) groups is 1. The molecule has 0 bridgehead atoms. The van der Waals surface area contributed by atoms with Gasteiger partial charge in [0.25, 0.3) is 0 Å². The molecule has 5 heteroatoms. The Morgan fingerprint density at radius 2 is 2.11 bits per heavy atom. The van der Waals surface area contributed by atoms with Gasteiger partial charge in [-0.3, -0.25) is 0 Å². The van der Waals surface area contributed by atoms with Crippen LogP contribution in [0.5, 0.6) is 0 Å². The van der Waals surface area contributed by atoms with Crippen molar-refractivity contribution in [1.29, 1.82) is 0 Å². The largest absolute Gasteiger partial charge is 0.464 e. The fourth-order valence-corrected chi connectivity index (χ4v) is 1.95. The van der Waals surface area contributed by atoms with Crippen LogP contribution in [-0.2, 0) is 9.53 Å². The quantitative estimate of drug-likeness (QED) is 0.774. The summed E-state index contributed by atoms with van der Waals surface area (Å²) in [5.74, 6) is 0.297. The van der Waals surface area contributed by atoms with Crippen molar-refractivity contribution in [2.45, 2.75) is 19.4 Å². The molecule has 1 aromatic rings. The average molecular weight is 271 g/mol. The van der Waals surface area contributed by atoms with Crippen LogP contribution in [0, 0.1) is 5.82 Å². The summed E-state index contributed by atoms with van der Waals surface area (Å²) in [5, 5.41) is 3.07. The standard InChI is InChI=1S/C13H18FNO2S/c1-3-17-13(16)12(8-9-18-2)15-11-6-4-10(14)5-7-11/h4-7,12,15H,3,8-9H2,1-2H3. The predicted octanol–water partition coefficient (Wildman–Crippen LogP) is 2.92. The average Bonchev–Trinajstić information content (AvgIpc) is 2.37. The lowest BCUT2D eigenvalue weighted by atomic mass is 10.2. The lowest BCUT2D eigenvalue weighted by Crippen LogP contribution is -2.32. The van der Waals surface area contributed by atoms with Crippen LogP contribution >= 0.6 is 11.8 Å². The summed E-state index contributed by atoms with van der Waals surface area (Å²) < 4.78 is 17.8. The Labute approximate surface area is 111 Å². The highest BCUT2D eigenvalue weighted by Crippen LogP contribution is 2.13. The zero-order valence-corrected chi connectivity index (χ0v) is 11.4. The first-order chi connectivity index (χ1) is 8.67. The smallest absolute Gasteiger partial charge is 0.328 e. The van der Waals surface area contributed by atoms with Gasteiger partial charge in [-0.15, -0.1) is 0 Å². The molecule has 0 amide bonds. The van der Waals surface area contributed by atoms with Crippen LogP contribution < -0.4 is 5.32 Å². The van der Waals surface area contributed by atoms with E-state index in [9.17, 15) is 9.18 Å². The highest BCUT2D eigenvalue weighted by atomic mass is 32.2. The molecule has 0 aliphatic rings. The molecule has 1 unspecified atom stereocenters. The number of nitrogens with one attached hydrogen (secondary N) is 1. The fraction of sp³-hybridized carbons (Fsp3) is 0.462. The summed E-state index contributed by atoms with van der Waals surface area (Å²) in [4.78, 5) is 11.8. The van der Waals surface area contributed by atoms with E-state index >= 15 is 0 Å². The van der Waals surface area contributed by atoms with Gasteiger partial charge in [-0.25, -0.2) is 9.18 Å². The van der Waals surface area contributed by atoms with Crippen molar-refractivity contribution in [1.82, 2.24) is 0 Å². The van der Waals surface area contributed by atoms with Crippen molar-refractivity contribution in [3.8, 4) is 0 Å². The van der Waals surface area contributed by atoms with Crippen molar-refractivity contribution in [3.63, 3.8) is 0 Å². The van der Waals surface area contributed by atoms with Crippen molar-refractivity contribution in [3.05, 3.63) is 30.1 Å². The molecule has 0 saturated carbocycles. The normalized spacial score (nSPS) is 11.9. The molecule has 0 radical (unpaired) electrons. The van der Waals surface area contributed by atoms with Gasteiger partial charge in [-0.1, -0.05) is 0 Å². The Balaban J connectivity index is 2.64. The van der Waals surface area contributed by atoms with Gasteiger partial charge in [-0.2, -0.15) is 11.8 Å². The number of halogens is 1. The molecule has 0 spiro atoms. The Morgan fingerprint density at radius 3 is 2.67 bits per heavy atom. The molecule has 0 saturated heterocycles. The molecule has 0 aliphatic heterocycles. The van der Waals surface area contributed by atoms with Gasteiger partial charge in [0, 0.05) is 5.69 Å². The number of hydrogen-bond donors (Lipinski definition) is 1. The first-order valence-electron chi connectivity index (χ1n) is 5.85. The second-order valence-corrected chi connectivity index (χ2v) is 4.72. The van der Waals surface area contributed by atoms with E-state index in [0.717, 1.165) is 11.4 Å². The van der Waals surface area contributed by atoms with E-state index in [4.69, 9.17) is 4.74 Å². The van der Waals surface area contributed by atoms with Crippen LogP contribution in [0.25, 0.3) is 0 Å². The summed E-state index contributed by atoms with van der Waals surface area (Å²) in [7, 11) is 0. The molecule has 1 aromatic carbocycles. The van der Waals surface area contributed by atoms with Crippen molar-refractivity contribution in [2.24, 2.45) is 0 Å². The number of anilines is 1. The predicted molar refractivity (Wildman–Crippen MR) is 73.4 cm³/mol. The van der Waals surface area contributed by atoms with Crippen molar-refractivity contribution < 1.29 is 13.9 Å². The molecule has 3 nitrogen and oxygen atoms in total. The molecule has 18 heavy (non-hydrogen) atoms. The number of benzene rings is 1. The van der Waals surface area contributed by atoms with Crippen LogP contribution in [0.4, 0.5) is 10.1 Å². The lowest BCUT2D eigenvalue weighted by molar-refractivity contribution is -0.144. The van der Waals surface area contributed by atoms with Crippen LogP contribution in [-0.4, -0.2) is 30.6 Å². The van der Waals surface area contributed by atoms with Gasteiger partial charge in [0.1, 0.15) is 11.9 Å². The third kappa shape index (κ3) is 4.96. The van der Waals surface area contributed by atoms with E-state index in [1.54, 1.807) is 30.8 Å². The second-order valence-electron chi connectivity index (χ2n) is 3.74. The maximum Gasteiger partial charge on any atom is 0.328 e. The molecule has 0 aliphatic carbocycles.